The van der Waals surface area contributed by atoms with Gasteiger partial charge in [-0.15, -0.1) is 11.3 Å². The van der Waals surface area contributed by atoms with E-state index in [9.17, 15) is 4.79 Å². The second kappa shape index (κ2) is 10.8. The molecule has 174 valence electrons. The van der Waals surface area contributed by atoms with Crippen molar-refractivity contribution in [1.29, 1.82) is 5.26 Å². The molecule has 3 aromatic rings. The minimum atomic E-state index is -0.221. The van der Waals surface area contributed by atoms with Crippen LogP contribution < -0.4 is 10.2 Å². The van der Waals surface area contributed by atoms with E-state index >= 15 is 0 Å². The van der Waals surface area contributed by atoms with Crippen molar-refractivity contribution in [2.45, 2.75) is 31.8 Å². The van der Waals surface area contributed by atoms with Crippen LogP contribution in [0.5, 0.6) is 0 Å². The normalized spacial score (nSPS) is 16.0. The Bertz CT molecular complexity index is 1250. The molecule has 0 radical (unpaired) electrons. The van der Waals surface area contributed by atoms with Crippen molar-refractivity contribution >= 4 is 28.1 Å². The molecule has 0 spiro atoms. The minimum absolute atomic E-state index is 0. The van der Waals surface area contributed by atoms with Crippen molar-refractivity contribution in [3.8, 4) is 6.07 Å². The summed E-state index contributed by atoms with van der Waals surface area (Å²) >= 11 is 1.44. The molecule has 1 saturated heterocycles. The Hall–Kier alpha value is -3.89. The number of carbonyl (C=O) groups excluding carboxylic acids is 1. The third kappa shape index (κ3) is 5.03. The SMILES string of the molecule is C=C/C(CC#N)=C(\C=C)Cn1cccc1C(=O)Nc1nc([C@H]2CCCN2c2ccccc2)cs1.[HH]. The Morgan fingerprint density at radius 1 is 1.24 bits per heavy atom. The molecule has 1 N–H and O–H groups in total. The van der Waals surface area contributed by atoms with Crippen molar-refractivity contribution in [3.05, 3.63) is 102 Å². The Morgan fingerprint density at radius 3 is 2.76 bits per heavy atom. The molecule has 3 heterocycles. The van der Waals surface area contributed by atoms with Gasteiger partial charge in [-0.3, -0.25) is 10.1 Å². The molecular formula is C27H29N5OS. The number of nitriles is 1. The van der Waals surface area contributed by atoms with Gasteiger partial charge in [0.1, 0.15) is 5.69 Å². The molecule has 0 bridgehead atoms. The van der Waals surface area contributed by atoms with Crippen LogP contribution >= 0.6 is 11.3 Å². The number of nitrogens with zero attached hydrogens (tertiary/aromatic N) is 4. The zero-order chi connectivity index (χ0) is 23.9. The number of anilines is 2. The fourth-order valence-corrected chi connectivity index (χ4v) is 5.05. The predicted octanol–water partition coefficient (Wildman–Crippen LogP) is 6.37. The van der Waals surface area contributed by atoms with Gasteiger partial charge in [0, 0.05) is 31.8 Å². The maximum atomic E-state index is 13.1. The van der Waals surface area contributed by atoms with Crippen molar-refractivity contribution in [3.63, 3.8) is 0 Å². The summed E-state index contributed by atoms with van der Waals surface area (Å²) in [4.78, 5) is 20.2. The fraction of sp³-hybridized carbons (Fsp3) is 0.222. The maximum Gasteiger partial charge on any atom is 0.274 e. The summed E-state index contributed by atoms with van der Waals surface area (Å²) < 4.78 is 1.84. The number of aromatic nitrogens is 2. The molecule has 4 rings (SSSR count). The van der Waals surface area contributed by atoms with Crippen molar-refractivity contribution in [2.24, 2.45) is 0 Å². The van der Waals surface area contributed by atoms with E-state index in [0.29, 0.717) is 17.4 Å². The first-order valence-electron chi connectivity index (χ1n) is 11.2. The monoisotopic (exact) mass is 471 g/mol. The van der Waals surface area contributed by atoms with Gasteiger partial charge in [-0.2, -0.15) is 5.26 Å². The van der Waals surface area contributed by atoms with E-state index in [-0.39, 0.29) is 19.8 Å². The smallest absolute Gasteiger partial charge is 0.274 e. The van der Waals surface area contributed by atoms with Gasteiger partial charge >= 0.3 is 0 Å². The molecule has 1 atom stereocenters. The lowest BCUT2D eigenvalue weighted by Crippen LogP contribution is -2.22. The number of para-hydroxylation sites is 1. The predicted molar refractivity (Wildman–Crippen MR) is 140 cm³/mol. The second-order valence-electron chi connectivity index (χ2n) is 8.03. The summed E-state index contributed by atoms with van der Waals surface area (Å²) in [7, 11) is 0. The van der Waals surface area contributed by atoms with Crippen LogP contribution in [0.4, 0.5) is 10.8 Å². The molecule has 1 amide bonds. The van der Waals surface area contributed by atoms with Gasteiger partial charge in [-0.1, -0.05) is 43.5 Å². The quantitative estimate of drug-likeness (QED) is 0.368. The summed E-state index contributed by atoms with van der Waals surface area (Å²) in [5, 5.41) is 14.6. The van der Waals surface area contributed by atoms with Gasteiger partial charge in [0.05, 0.1) is 24.2 Å². The largest absolute Gasteiger partial charge is 0.363 e. The minimum Gasteiger partial charge on any atom is -0.363 e. The zero-order valence-electron chi connectivity index (χ0n) is 19.0. The molecule has 1 aromatic carbocycles. The van der Waals surface area contributed by atoms with Crippen LogP contribution in [-0.2, 0) is 6.54 Å². The van der Waals surface area contributed by atoms with Crippen LogP contribution in [0, 0.1) is 11.3 Å². The highest BCUT2D eigenvalue weighted by Gasteiger charge is 2.28. The summed E-state index contributed by atoms with van der Waals surface area (Å²) in [5.41, 5.74) is 4.37. The lowest BCUT2D eigenvalue weighted by Gasteiger charge is -2.25. The van der Waals surface area contributed by atoms with Crippen LogP contribution in [0.3, 0.4) is 0 Å². The number of amides is 1. The molecular weight excluding hydrogens is 442 g/mol. The van der Waals surface area contributed by atoms with Crippen LogP contribution in [0.1, 0.15) is 42.9 Å². The van der Waals surface area contributed by atoms with Crippen molar-refractivity contribution in [2.75, 3.05) is 16.8 Å². The first-order chi connectivity index (χ1) is 16.6. The fourth-order valence-electron chi connectivity index (χ4n) is 4.30. The number of carbonyl (C=O) groups is 1. The number of allylic oxidation sites excluding steroid dienone is 4. The maximum absolute atomic E-state index is 13.1. The number of benzene rings is 1. The van der Waals surface area contributed by atoms with Crippen LogP contribution in [-0.4, -0.2) is 22.0 Å². The van der Waals surface area contributed by atoms with Crippen molar-refractivity contribution in [1.82, 2.24) is 9.55 Å². The summed E-state index contributed by atoms with van der Waals surface area (Å²) in [6.07, 6.45) is 7.63. The van der Waals surface area contributed by atoms with E-state index in [1.54, 1.807) is 18.2 Å². The number of nitrogens with one attached hydrogen (secondary N) is 1. The van der Waals surface area contributed by atoms with Crippen LogP contribution in [0.2, 0.25) is 0 Å². The number of hydrogen-bond acceptors (Lipinski definition) is 5. The van der Waals surface area contributed by atoms with Crippen molar-refractivity contribution < 1.29 is 6.22 Å². The van der Waals surface area contributed by atoms with Gasteiger partial charge in [-0.05, 0) is 48.3 Å². The number of hydrogen-bond donors (Lipinski definition) is 1. The van der Waals surface area contributed by atoms with Gasteiger partial charge in [-0.25, -0.2) is 4.98 Å². The summed E-state index contributed by atoms with van der Waals surface area (Å²) in [5.74, 6) is -0.221. The average Bonchev–Trinajstić information content (AvgIpc) is 3.62. The molecule has 1 aliphatic rings. The highest BCUT2D eigenvalue weighted by Crippen LogP contribution is 2.37. The highest BCUT2D eigenvalue weighted by molar-refractivity contribution is 7.14. The van der Waals surface area contributed by atoms with E-state index in [4.69, 9.17) is 10.2 Å². The number of thiazole rings is 1. The molecule has 6 nitrogen and oxygen atoms in total. The topological polar surface area (TPSA) is 74.0 Å². The van der Waals surface area contributed by atoms with Gasteiger partial charge in [0.25, 0.3) is 5.91 Å². The first-order valence-corrected chi connectivity index (χ1v) is 12.1. The van der Waals surface area contributed by atoms with Crippen LogP contribution in [0.25, 0.3) is 0 Å². The number of rotatable bonds is 9. The van der Waals surface area contributed by atoms with E-state index in [1.165, 1.54) is 17.0 Å². The van der Waals surface area contributed by atoms with E-state index in [1.807, 2.05) is 28.3 Å². The molecule has 0 saturated carbocycles. The van der Waals surface area contributed by atoms with E-state index < -0.39 is 0 Å². The van der Waals surface area contributed by atoms with Gasteiger partial charge < -0.3 is 9.47 Å². The molecule has 34 heavy (non-hydrogen) atoms. The molecule has 2 aromatic heterocycles. The standard InChI is InChI=1S/C27H27N5OS.H2/c1-3-20(14-15-28)21(4-2)18-31-16-8-13-25(31)26(33)30-27-29-23(19-34-27)24-12-9-17-32(24)22-10-6-5-7-11-22;/h3-8,10-11,13,16,19,24H,1-2,9,12,14,17-18H2,(H,29,30,33);1H/b21-20-;/t24-;/m1./s1. The second-order valence-corrected chi connectivity index (χ2v) is 8.89. The van der Waals surface area contributed by atoms with E-state index in [0.717, 1.165) is 36.2 Å². The molecule has 1 fully saturated rings. The zero-order valence-corrected chi connectivity index (χ0v) is 19.8. The summed E-state index contributed by atoms with van der Waals surface area (Å²) in [6.45, 7) is 9.09. The Balaban J connectivity index is 0.00000342. The molecule has 0 aliphatic carbocycles. The van der Waals surface area contributed by atoms with Crippen LogP contribution in [0.15, 0.2) is 90.5 Å². The lowest BCUT2D eigenvalue weighted by molar-refractivity contribution is 0.101. The van der Waals surface area contributed by atoms with Gasteiger partial charge in [0.15, 0.2) is 5.13 Å². The Labute approximate surface area is 205 Å². The average molecular weight is 472 g/mol. The third-order valence-corrected chi connectivity index (χ3v) is 6.78. The Kier molecular flexibility index (Phi) is 7.41. The highest BCUT2D eigenvalue weighted by atomic mass is 32.1. The van der Waals surface area contributed by atoms with E-state index in [2.05, 4.69) is 53.7 Å². The molecule has 1 aliphatic heterocycles. The summed E-state index contributed by atoms with van der Waals surface area (Å²) in [6, 6.07) is 16.3. The lowest BCUT2D eigenvalue weighted by atomic mass is 10.1. The molecule has 0 unspecified atom stereocenters. The first kappa shape index (κ1) is 23.3. The third-order valence-electron chi connectivity index (χ3n) is 6.00. The van der Waals surface area contributed by atoms with Gasteiger partial charge in [0.2, 0.25) is 0 Å². The Morgan fingerprint density at radius 2 is 2.03 bits per heavy atom. The molecule has 7 heteroatoms.